The van der Waals surface area contributed by atoms with Crippen molar-refractivity contribution in [2.24, 2.45) is 16.1 Å². The Morgan fingerprint density at radius 2 is 1.84 bits per heavy atom. The van der Waals surface area contributed by atoms with Crippen molar-refractivity contribution in [3.63, 3.8) is 0 Å². The number of ether oxygens (including phenoxy) is 7. The van der Waals surface area contributed by atoms with Gasteiger partial charge >= 0.3 is 11.9 Å². The SMILES string of the molecule is C=C1N[C@H]2[C@H](CS[C@H]2CCCCC(=O)NCCOCCOCCOCCn2cc(CCC3(CC(=O)O[C@H]4C[C@H]5CCN(C)[C@H]5[C@@H]5c6cc7c(cc6C(=O)O[C@@H]54)OCO7)N=N3)nn2)N1. The number of hydrogen-bond acceptors (Lipinski definition) is 18. The number of benzene rings is 1. The van der Waals surface area contributed by atoms with Gasteiger partial charge in [-0.3, -0.25) is 9.59 Å². The molecule has 63 heavy (non-hydrogen) atoms. The number of amides is 1. The highest BCUT2D eigenvalue weighted by Crippen LogP contribution is 2.51. The molecule has 7 heterocycles. The number of carbonyl (C=O) groups is 3. The Bertz CT molecular complexity index is 2010. The second-order valence-electron chi connectivity index (χ2n) is 17.5. The number of hydrogen-bond donors (Lipinski definition) is 3. The molecular formula is C43H59N9O10S. The summed E-state index contributed by atoms with van der Waals surface area (Å²) in [6, 6.07) is 4.70. The van der Waals surface area contributed by atoms with Crippen molar-refractivity contribution < 1.29 is 47.5 Å². The van der Waals surface area contributed by atoms with Crippen LogP contribution in [0.25, 0.3) is 0 Å². The van der Waals surface area contributed by atoms with Gasteiger partial charge in [-0.15, -0.1) is 5.10 Å². The minimum Gasteiger partial charge on any atom is -0.458 e. The summed E-state index contributed by atoms with van der Waals surface area (Å²) in [6.07, 6.45) is 6.84. The molecule has 0 bridgehead atoms. The van der Waals surface area contributed by atoms with Gasteiger partial charge in [-0.1, -0.05) is 18.2 Å². The van der Waals surface area contributed by atoms with Crippen LogP contribution in [-0.4, -0.2) is 151 Å². The monoisotopic (exact) mass is 893 g/mol. The first-order valence-corrected chi connectivity index (χ1v) is 23.5. The van der Waals surface area contributed by atoms with Gasteiger partial charge in [0.15, 0.2) is 11.5 Å². The molecule has 9 rings (SSSR count). The molecule has 0 radical (unpaired) electrons. The molecule has 342 valence electrons. The van der Waals surface area contributed by atoms with Crippen LogP contribution in [0, 0.1) is 5.92 Å². The van der Waals surface area contributed by atoms with Gasteiger partial charge in [0, 0.05) is 48.5 Å². The van der Waals surface area contributed by atoms with Gasteiger partial charge in [-0.25, -0.2) is 9.48 Å². The standard InChI is InChI=1S/C43H59N9O10S/c1-26-45-31-24-63-35(39(31)46-26)5-3-4-6-36(53)44-10-13-56-15-17-58-18-16-57-14-12-52-23-28(47-50-52)7-9-43(48-49-43)22-37(54)61-34-19-27-8-11-51(2)40(27)38-29-20-32-33(60-25-59-32)21-30(29)42(55)62-41(34)38/h20-21,23,27,31,34-35,38-41,45-46H,1,3-19,22,24-25H2,2H3,(H,44,53)/t27-,31+,34+,35+,38+,39+,40-,41-/m1/s1. The maximum atomic E-state index is 13.5. The van der Waals surface area contributed by atoms with Gasteiger partial charge in [0.2, 0.25) is 18.4 Å². The molecule has 1 aliphatic carbocycles. The fraction of sp³-hybridized carbons (Fsp3) is 0.698. The normalized spacial score (nSPS) is 28.1. The maximum absolute atomic E-state index is 13.5. The number of esters is 2. The van der Waals surface area contributed by atoms with Crippen molar-refractivity contribution in [2.75, 3.05) is 72.3 Å². The summed E-state index contributed by atoms with van der Waals surface area (Å²) in [6.45, 7) is 8.66. The summed E-state index contributed by atoms with van der Waals surface area (Å²) >= 11 is 2.01. The quantitative estimate of drug-likeness (QED) is 0.108. The minimum absolute atomic E-state index is 0.00205. The predicted octanol–water partition coefficient (Wildman–Crippen LogP) is 2.69. The van der Waals surface area contributed by atoms with Gasteiger partial charge < -0.3 is 54.0 Å². The molecule has 0 unspecified atom stereocenters. The van der Waals surface area contributed by atoms with Gasteiger partial charge in [0.1, 0.15) is 12.2 Å². The van der Waals surface area contributed by atoms with Gasteiger partial charge in [-0.05, 0) is 69.3 Å². The van der Waals surface area contributed by atoms with E-state index < -0.39 is 29.8 Å². The number of nitrogens with zero attached hydrogens (tertiary/aromatic N) is 6. The lowest BCUT2D eigenvalue weighted by molar-refractivity contribution is -0.164. The number of nitrogens with one attached hydrogen (secondary N) is 3. The van der Waals surface area contributed by atoms with Crippen LogP contribution in [-0.2, 0) is 46.2 Å². The van der Waals surface area contributed by atoms with E-state index in [0.717, 1.165) is 55.1 Å². The number of likely N-dealkylation sites (N-methyl/N-ethyl adjacent to an activating group) is 1. The molecule has 19 nitrogen and oxygen atoms in total. The van der Waals surface area contributed by atoms with Crippen molar-refractivity contribution in [3.8, 4) is 11.5 Å². The highest BCUT2D eigenvalue weighted by molar-refractivity contribution is 8.00. The number of thioether (sulfide) groups is 1. The van der Waals surface area contributed by atoms with E-state index in [-0.39, 0.29) is 37.0 Å². The molecule has 20 heteroatoms. The lowest BCUT2D eigenvalue weighted by atomic mass is 9.69. The van der Waals surface area contributed by atoms with E-state index in [2.05, 4.69) is 55.0 Å². The van der Waals surface area contributed by atoms with E-state index in [0.29, 0.717) is 113 Å². The number of aryl methyl sites for hydroxylation is 1. The van der Waals surface area contributed by atoms with Crippen molar-refractivity contribution in [2.45, 2.75) is 111 Å². The summed E-state index contributed by atoms with van der Waals surface area (Å²) in [5.41, 5.74) is 1.24. The smallest absolute Gasteiger partial charge is 0.338 e. The molecule has 3 N–H and O–H groups in total. The first kappa shape index (κ1) is 43.7. The molecule has 4 fully saturated rings. The van der Waals surface area contributed by atoms with Crippen LogP contribution in [0.5, 0.6) is 11.5 Å². The van der Waals surface area contributed by atoms with E-state index in [1.165, 1.54) is 0 Å². The zero-order valence-corrected chi connectivity index (χ0v) is 36.7. The Hall–Kier alpha value is -4.50. The lowest BCUT2D eigenvalue weighted by Gasteiger charge is -2.48. The number of likely N-dealkylation sites (tertiary alicyclic amines) is 1. The summed E-state index contributed by atoms with van der Waals surface area (Å²) in [7, 11) is 2.10. The topological polar surface area (TPSA) is 211 Å². The van der Waals surface area contributed by atoms with Crippen molar-refractivity contribution in [3.05, 3.63) is 47.6 Å². The van der Waals surface area contributed by atoms with E-state index in [9.17, 15) is 14.4 Å². The fourth-order valence-electron chi connectivity index (χ4n) is 10.0. The number of carbonyl (C=O) groups excluding carboxylic acids is 3. The minimum atomic E-state index is -0.857. The van der Waals surface area contributed by atoms with Crippen molar-refractivity contribution >= 4 is 29.6 Å². The van der Waals surface area contributed by atoms with E-state index in [1.54, 1.807) is 10.7 Å². The second kappa shape index (κ2) is 19.7. The zero-order chi connectivity index (χ0) is 43.3. The Morgan fingerprint density at radius 3 is 2.67 bits per heavy atom. The molecule has 7 aliphatic rings. The summed E-state index contributed by atoms with van der Waals surface area (Å²) in [5.74, 6) is 2.50. The fourth-order valence-corrected chi connectivity index (χ4v) is 11.6. The molecule has 3 saturated heterocycles. The Morgan fingerprint density at radius 1 is 1.05 bits per heavy atom. The summed E-state index contributed by atoms with van der Waals surface area (Å²) < 4.78 is 42.1. The second-order valence-corrected chi connectivity index (χ2v) is 18.8. The third-order valence-corrected chi connectivity index (χ3v) is 14.7. The summed E-state index contributed by atoms with van der Waals surface area (Å²) in [5, 5.41) is 27.4. The third kappa shape index (κ3) is 10.4. The highest BCUT2D eigenvalue weighted by atomic mass is 32.2. The van der Waals surface area contributed by atoms with Crippen LogP contribution in [0.1, 0.15) is 78.9 Å². The van der Waals surface area contributed by atoms with Crippen LogP contribution in [0.3, 0.4) is 0 Å². The largest absolute Gasteiger partial charge is 0.458 e. The molecule has 6 aliphatic heterocycles. The van der Waals surface area contributed by atoms with E-state index in [4.69, 9.17) is 33.2 Å². The van der Waals surface area contributed by atoms with Crippen LogP contribution in [0.2, 0.25) is 0 Å². The zero-order valence-electron chi connectivity index (χ0n) is 35.9. The number of rotatable bonds is 23. The number of aromatic nitrogens is 3. The molecular weight excluding hydrogens is 835 g/mol. The lowest BCUT2D eigenvalue weighted by Crippen LogP contribution is -2.55. The highest BCUT2D eigenvalue weighted by Gasteiger charge is 2.56. The predicted molar refractivity (Wildman–Crippen MR) is 227 cm³/mol. The first-order chi connectivity index (χ1) is 30.7. The van der Waals surface area contributed by atoms with Crippen LogP contribution >= 0.6 is 11.8 Å². The molecule has 1 amide bonds. The maximum Gasteiger partial charge on any atom is 0.338 e. The molecule has 1 saturated carbocycles. The molecule has 8 atom stereocenters. The number of unbranched alkanes of at least 4 members (excludes halogenated alkanes) is 1. The first-order valence-electron chi connectivity index (χ1n) is 22.4. The Kier molecular flexibility index (Phi) is 13.7. The third-order valence-electron chi connectivity index (χ3n) is 13.2. The van der Waals surface area contributed by atoms with Gasteiger partial charge in [-0.2, -0.15) is 22.0 Å². The average Bonchev–Trinajstić information content (AvgIpc) is 3.83. The molecule has 1 aromatic heterocycles. The molecule has 0 spiro atoms. The van der Waals surface area contributed by atoms with Crippen LogP contribution in [0.4, 0.5) is 0 Å². The van der Waals surface area contributed by atoms with Gasteiger partial charge in [0.25, 0.3) is 0 Å². The van der Waals surface area contributed by atoms with Crippen LogP contribution < -0.4 is 25.4 Å². The number of fused-ring (bicyclic) bond motifs is 7. The van der Waals surface area contributed by atoms with Gasteiger partial charge in [0.05, 0.1) is 81.8 Å². The van der Waals surface area contributed by atoms with Crippen molar-refractivity contribution in [1.29, 1.82) is 0 Å². The summed E-state index contributed by atoms with van der Waals surface area (Å²) in [4.78, 5) is 41.3. The Balaban J connectivity index is 0.609. The molecule has 1 aromatic carbocycles. The Labute approximate surface area is 371 Å². The molecule has 2 aromatic rings. The average molecular weight is 894 g/mol. The van der Waals surface area contributed by atoms with E-state index in [1.807, 2.05) is 24.0 Å². The van der Waals surface area contributed by atoms with E-state index >= 15 is 0 Å². The van der Waals surface area contributed by atoms with Crippen LogP contribution in [0.15, 0.2) is 41.0 Å². The van der Waals surface area contributed by atoms with Crippen molar-refractivity contribution in [1.82, 2.24) is 35.8 Å².